The summed E-state index contributed by atoms with van der Waals surface area (Å²) in [6.07, 6.45) is 5.23. The minimum atomic E-state index is 0.533. The number of piperidine rings is 1. The highest BCUT2D eigenvalue weighted by molar-refractivity contribution is 5.52. The van der Waals surface area contributed by atoms with E-state index in [1.807, 2.05) is 18.3 Å². The van der Waals surface area contributed by atoms with E-state index in [0.717, 1.165) is 50.8 Å². The van der Waals surface area contributed by atoms with Crippen molar-refractivity contribution in [3.8, 4) is 5.75 Å². The molecular formula is C22H31N3O. The maximum Gasteiger partial charge on any atom is 0.171 e. The summed E-state index contributed by atoms with van der Waals surface area (Å²) in [6.45, 7) is 9.37. The molecule has 1 aliphatic rings. The van der Waals surface area contributed by atoms with Crippen LogP contribution in [0.2, 0.25) is 0 Å². The Morgan fingerprint density at radius 3 is 2.54 bits per heavy atom. The maximum absolute atomic E-state index is 5.95. The number of rotatable bonds is 8. The van der Waals surface area contributed by atoms with E-state index >= 15 is 0 Å². The largest absolute Gasteiger partial charge is 0.490 e. The Morgan fingerprint density at radius 2 is 1.85 bits per heavy atom. The topological polar surface area (TPSA) is 28.6 Å². The second-order valence-corrected chi connectivity index (χ2v) is 6.95. The number of likely N-dealkylation sites (tertiary alicyclic amines) is 1. The van der Waals surface area contributed by atoms with Gasteiger partial charge in [0.15, 0.2) is 11.6 Å². The first-order chi connectivity index (χ1) is 12.8. The number of pyridine rings is 1. The molecule has 0 saturated carbocycles. The smallest absolute Gasteiger partial charge is 0.171 e. The average molecular weight is 354 g/mol. The van der Waals surface area contributed by atoms with Crippen molar-refractivity contribution in [1.29, 1.82) is 0 Å². The quantitative estimate of drug-likeness (QED) is 0.705. The van der Waals surface area contributed by atoms with Gasteiger partial charge in [0, 0.05) is 38.4 Å². The number of anilines is 1. The van der Waals surface area contributed by atoms with E-state index in [2.05, 4.69) is 59.0 Å². The van der Waals surface area contributed by atoms with Gasteiger partial charge in [0.05, 0.1) is 6.61 Å². The third-order valence-electron chi connectivity index (χ3n) is 5.07. The van der Waals surface area contributed by atoms with Crippen molar-refractivity contribution in [2.75, 3.05) is 31.1 Å². The molecular weight excluding hydrogens is 322 g/mol. The zero-order chi connectivity index (χ0) is 18.2. The lowest BCUT2D eigenvalue weighted by Gasteiger charge is -2.39. The van der Waals surface area contributed by atoms with Gasteiger partial charge in [0.25, 0.3) is 0 Å². The molecule has 0 spiro atoms. The lowest BCUT2D eigenvalue weighted by Crippen LogP contribution is -2.45. The zero-order valence-electron chi connectivity index (χ0n) is 16.1. The van der Waals surface area contributed by atoms with E-state index in [1.54, 1.807) is 0 Å². The van der Waals surface area contributed by atoms with Crippen LogP contribution >= 0.6 is 0 Å². The van der Waals surface area contributed by atoms with Crippen LogP contribution in [0.5, 0.6) is 5.75 Å². The molecule has 0 radical (unpaired) electrons. The number of hydrogen-bond donors (Lipinski definition) is 0. The van der Waals surface area contributed by atoms with Gasteiger partial charge in [-0.15, -0.1) is 0 Å². The minimum absolute atomic E-state index is 0.533. The lowest BCUT2D eigenvalue weighted by atomic mass is 10.0. The summed E-state index contributed by atoms with van der Waals surface area (Å²) in [5, 5.41) is 0. The lowest BCUT2D eigenvalue weighted by molar-refractivity contribution is 0.201. The number of benzene rings is 1. The van der Waals surface area contributed by atoms with Gasteiger partial charge >= 0.3 is 0 Å². The van der Waals surface area contributed by atoms with Crippen LogP contribution in [0.3, 0.4) is 0 Å². The highest BCUT2D eigenvalue weighted by Crippen LogP contribution is 2.30. The van der Waals surface area contributed by atoms with Crippen molar-refractivity contribution >= 4 is 5.82 Å². The number of ether oxygens (including phenoxy) is 1. The van der Waals surface area contributed by atoms with Crippen molar-refractivity contribution in [1.82, 2.24) is 9.88 Å². The van der Waals surface area contributed by atoms with Crippen LogP contribution in [0.25, 0.3) is 0 Å². The Morgan fingerprint density at radius 1 is 1.08 bits per heavy atom. The van der Waals surface area contributed by atoms with Crippen LogP contribution in [-0.2, 0) is 6.54 Å². The second kappa shape index (κ2) is 9.58. The molecule has 1 aromatic carbocycles. The average Bonchev–Trinajstić information content (AvgIpc) is 2.70. The first-order valence-corrected chi connectivity index (χ1v) is 9.92. The van der Waals surface area contributed by atoms with Crippen LogP contribution in [0, 0.1) is 0 Å². The van der Waals surface area contributed by atoms with Gasteiger partial charge in [-0.05, 0) is 43.9 Å². The fourth-order valence-electron chi connectivity index (χ4n) is 3.73. The monoisotopic (exact) mass is 353 g/mol. The molecule has 4 heteroatoms. The SMILES string of the molecule is CCCOc1cccnc1N(CC)C1CCN(Cc2ccccc2)CC1. The Labute approximate surface area is 157 Å². The summed E-state index contributed by atoms with van der Waals surface area (Å²) < 4.78 is 5.95. The maximum atomic E-state index is 5.95. The van der Waals surface area contributed by atoms with Crippen molar-refractivity contribution in [2.24, 2.45) is 0 Å². The molecule has 140 valence electrons. The molecule has 1 aliphatic heterocycles. The summed E-state index contributed by atoms with van der Waals surface area (Å²) in [5.74, 6) is 1.92. The summed E-state index contributed by atoms with van der Waals surface area (Å²) in [7, 11) is 0. The summed E-state index contributed by atoms with van der Waals surface area (Å²) in [6, 6.07) is 15.3. The van der Waals surface area contributed by atoms with Gasteiger partial charge in [-0.3, -0.25) is 4.90 Å². The summed E-state index contributed by atoms with van der Waals surface area (Å²) in [5.41, 5.74) is 1.40. The highest BCUT2D eigenvalue weighted by atomic mass is 16.5. The molecule has 2 aromatic rings. The van der Waals surface area contributed by atoms with Gasteiger partial charge < -0.3 is 9.64 Å². The molecule has 0 atom stereocenters. The molecule has 0 amide bonds. The van der Waals surface area contributed by atoms with E-state index in [0.29, 0.717) is 6.04 Å². The van der Waals surface area contributed by atoms with Crippen molar-refractivity contribution in [3.63, 3.8) is 0 Å². The van der Waals surface area contributed by atoms with Gasteiger partial charge in [-0.2, -0.15) is 0 Å². The molecule has 1 aromatic heterocycles. The van der Waals surface area contributed by atoms with E-state index in [1.165, 1.54) is 18.4 Å². The number of aromatic nitrogens is 1. The number of hydrogen-bond acceptors (Lipinski definition) is 4. The van der Waals surface area contributed by atoms with Crippen molar-refractivity contribution in [3.05, 3.63) is 54.2 Å². The molecule has 1 fully saturated rings. The van der Waals surface area contributed by atoms with Gasteiger partial charge in [0.2, 0.25) is 0 Å². The standard InChI is InChI=1S/C22H31N3O/c1-3-17-26-21-11-8-14-23-22(21)25(4-2)20-12-15-24(16-13-20)18-19-9-6-5-7-10-19/h5-11,14,20H,3-4,12-13,15-18H2,1-2H3. The Hall–Kier alpha value is -2.07. The van der Waals surface area contributed by atoms with Crippen molar-refractivity contribution < 1.29 is 4.74 Å². The van der Waals surface area contributed by atoms with E-state index < -0.39 is 0 Å². The van der Waals surface area contributed by atoms with Crippen LogP contribution in [0.15, 0.2) is 48.7 Å². The predicted octanol–water partition coefficient (Wildman–Crippen LogP) is 4.36. The second-order valence-electron chi connectivity index (χ2n) is 6.95. The van der Waals surface area contributed by atoms with Crippen LogP contribution in [0.4, 0.5) is 5.82 Å². The molecule has 1 saturated heterocycles. The van der Waals surface area contributed by atoms with Gasteiger partial charge in [-0.25, -0.2) is 4.98 Å². The molecule has 0 bridgehead atoms. The van der Waals surface area contributed by atoms with Crippen LogP contribution < -0.4 is 9.64 Å². The highest BCUT2D eigenvalue weighted by Gasteiger charge is 2.26. The van der Waals surface area contributed by atoms with E-state index in [9.17, 15) is 0 Å². The predicted molar refractivity (Wildman–Crippen MR) is 108 cm³/mol. The first-order valence-electron chi connectivity index (χ1n) is 9.92. The van der Waals surface area contributed by atoms with Crippen molar-refractivity contribution in [2.45, 2.75) is 45.7 Å². The Kier molecular flexibility index (Phi) is 6.89. The fraction of sp³-hybridized carbons (Fsp3) is 0.500. The van der Waals surface area contributed by atoms with E-state index in [4.69, 9.17) is 4.74 Å². The van der Waals surface area contributed by atoms with Crippen LogP contribution in [0.1, 0.15) is 38.7 Å². The van der Waals surface area contributed by atoms with E-state index in [-0.39, 0.29) is 0 Å². The zero-order valence-corrected chi connectivity index (χ0v) is 16.1. The van der Waals surface area contributed by atoms with Crippen LogP contribution in [-0.4, -0.2) is 42.2 Å². The first kappa shape index (κ1) is 18.7. The molecule has 0 N–H and O–H groups in total. The molecule has 2 heterocycles. The molecule has 26 heavy (non-hydrogen) atoms. The summed E-state index contributed by atoms with van der Waals surface area (Å²) >= 11 is 0. The Balaban J connectivity index is 1.62. The fourth-order valence-corrected chi connectivity index (χ4v) is 3.73. The molecule has 0 aliphatic carbocycles. The third kappa shape index (κ3) is 4.76. The normalized spacial score (nSPS) is 15.8. The third-order valence-corrected chi connectivity index (χ3v) is 5.07. The minimum Gasteiger partial charge on any atom is -0.490 e. The van der Waals surface area contributed by atoms with Gasteiger partial charge in [-0.1, -0.05) is 37.3 Å². The molecule has 4 nitrogen and oxygen atoms in total. The molecule has 3 rings (SSSR count). The Bertz CT molecular complexity index is 653. The molecule has 0 unspecified atom stereocenters. The number of nitrogens with zero attached hydrogens (tertiary/aromatic N) is 3. The summed E-state index contributed by atoms with van der Waals surface area (Å²) in [4.78, 5) is 9.65. The van der Waals surface area contributed by atoms with Gasteiger partial charge in [0.1, 0.15) is 0 Å².